The highest BCUT2D eigenvalue weighted by Crippen LogP contribution is 2.22. The van der Waals surface area contributed by atoms with Gasteiger partial charge in [0.05, 0.1) is 5.03 Å². The van der Waals surface area contributed by atoms with Gasteiger partial charge in [-0.15, -0.1) is 11.8 Å². The van der Waals surface area contributed by atoms with Crippen molar-refractivity contribution in [1.82, 2.24) is 4.90 Å². The van der Waals surface area contributed by atoms with Crippen molar-refractivity contribution >= 4 is 17.7 Å². The van der Waals surface area contributed by atoms with Crippen molar-refractivity contribution in [3.05, 3.63) is 11.1 Å². The van der Waals surface area contributed by atoms with Crippen molar-refractivity contribution in [3.8, 4) is 0 Å². The second-order valence-corrected chi connectivity index (χ2v) is 3.39. The van der Waals surface area contributed by atoms with Crippen molar-refractivity contribution in [2.45, 2.75) is 19.8 Å². The summed E-state index contributed by atoms with van der Waals surface area (Å²) < 4.78 is 0. The number of carbonyl (C=O) groups is 1. The van der Waals surface area contributed by atoms with Gasteiger partial charge in [-0.2, -0.15) is 0 Å². The fraction of sp³-hybridized carbons (Fsp3) is 0.625. The highest BCUT2D eigenvalue weighted by atomic mass is 32.2. The van der Waals surface area contributed by atoms with Crippen molar-refractivity contribution in [2.75, 3.05) is 12.8 Å². The molecule has 0 bridgehead atoms. The number of allylic oxidation sites excluding steroid dienone is 1. The Labute approximate surface area is 71.6 Å². The summed E-state index contributed by atoms with van der Waals surface area (Å²) in [5, 5.41) is 1.11. The first-order chi connectivity index (χ1) is 5.25. The van der Waals surface area contributed by atoms with Gasteiger partial charge in [0, 0.05) is 13.5 Å². The fourth-order valence-electron chi connectivity index (χ4n) is 1.20. The zero-order valence-electron chi connectivity index (χ0n) is 6.96. The Morgan fingerprint density at radius 2 is 2.45 bits per heavy atom. The van der Waals surface area contributed by atoms with Crippen LogP contribution in [0.4, 0.5) is 0 Å². The quantitative estimate of drug-likeness (QED) is 0.600. The van der Waals surface area contributed by atoms with Crippen LogP contribution in [-0.2, 0) is 4.79 Å². The standard InChI is InChI=1S/C8H13NOS/c1-7(10)9-6-4-3-5-8(9)11-2/h5H,3-4,6H2,1-2H3. The summed E-state index contributed by atoms with van der Waals surface area (Å²) in [5.74, 6) is 0.158. The molecule has 11 heavy (non-hydrogen) atoms. The van der Waals surface area contributed by atoms with Gasteiger partial charge in [-0.3, -0.25) is 4.79 Å². The molecule has 0 unspecified atom stereocenters. The van der Waals surface area contributed by atoms with Crippen LogP contribution in [0.15, 0.2) is 11.1 Å². The molecule has 0 saturated heterocycles. The summed E-state index contributed by atoms with van der Waals surface area (Å²) in [6.45, 7) is 2.51. The molecule has 0 aliphatic carbocycles. The number of rotatable bonds is 1. The minimum Gasteiger partial charge on any atom is -0.307 e. The Morgan fingerprint density at radius 3 is 2.91 bits per heavy atom. The SMILES string of the molecule is CSC1=CCCCN1C(C)=O. The van der Waals surface area contributed by atoms with Crippen LogP contribution in [0.5, 0.6) is 0 Å². The first kappa shape index (κ1) is 8.65. The van der Waals surface area contributed by atoms with Crippen LogP contribution < -0.4 is 0 Å². The third-order valence-corrected chi connectivity index (χ3v) is 2.57. The third kappa shape index (κ3) is 1.99. The summed E-state index contributed by atoms with van der Waals surface area (Å²) in [6.07, 6.45) is 6.35. The van der Waals surface area contributed by atoms with Gasteiger partial charge >= 0.3 is 0 Å². The van der Waals surface area contributed by atoms with E-state index in [0.29, 0.717) is 0 Å². The lowest BCUT2D eigenvalue weighted by Crippen LogP contribution is -2.29. The first-order valence-corrected chi connectivity index (χ1v) is 5.00. The van der Waals surface area contributed by atoms with Crippen LogP contribution in [0.3, 0.4) is 0 Å². The van der Waals surface area contributed by atoms with Gasteiger partial charge in [0.2, 0.25) is 5.91 Å². The summed E-state index contributed by atoms with van der Waals surface area (Å²) in [6, 6.07) is 0. The molecule has 0 N–H and O–H groups in total. The molecule has 1 rings (SSSR count). The topological polar surface area (TPSA) is 20.3 Å². The van der Waals surface area contributed by atoms with E-state index < -0.39 is 0 Å². The van der Waals surface area contributed by atoms with E-state index in [4.69, 9.17) is 0 Å². The minimum atomic E-state index is 0.158. The fourth-order valence-corrected chi connectivity index (χ4v) is 1.93. The van der Waals surface area contributed by atoms with Gasteiger partial charge in [0.1, 0.15) is 0 Å². The summed E-state index contributed by atoms with van der Waals surface area (Å²) in [4.78, 5) is 12.9. The van der Waals surface area contributed by atoms with Crippen LogP contribution in [0.1, 0.15) is 19.8 Å². The van der Waals surface area contributed by atoms with Gasteiger partial charge in [-0.1, -0.05) is 6.08 Å². The number of hydrogen-bond acceptors (Lipinski definition) is 2. The molecule has 1 heterocycles. The van der Waals surface area contributed by atoms with E-state index in [9.17, 15) is 4.79 Å². The molecule has 1 amide bonds. The van der Waals surface area contributed by atoms with E-state index in [1.54, 1.807) is 18.7 Å². The Balaban J connectivity index is 2.69. The van der Waals surface area contributed by atoms with Crippen molar-refractivity contribution in [2.24, 2.45) is 0 Å². The van der Waals surface area contributed by atoms with Gasteiger partial charge in [0.15, 0.2) is 0 Å². The number of thioether (sulfide) groups is 1. The molecule has 0 saturated carbocycles. The highest BCUT2D eigenvalue weighted by Gasteiger charge is 2.15. The number of carbonyl (C=O) groups excluding carboxylic acids is 1. The summed E-state index contributed by atoms with van der Waals surface area (Å²) in [5.41, 5.74) is 0. The van der Waals surface area contributed by atoms with Crippen LogP contribution in [0.2, 0.25) is 0 Å². The minimum absolute atomic E-state index is 0.158. The van der Waals surface area contributed by atoms with Crippen molar-refractivity contribution in [1.29, 1.82) is 0 Å². The third-order valence-electron chi connectivity index (χ3n) is 1.76. The predicted octanol–water partition coefficient (Wildman–Crippen LogP) is 1.83. The molecule has 0 aromatic heterocycles. The largest absolute Gasteiger partial charge is 0.307 e. The van der Waals surface area contributed by atoms with E-state index in [2.05, 4.69) is 6.08 Å². The van der Waals surface area contributed by atoms with E-state index in [0.717, 1.165) is 24.4 Å². The van der Waals surface area contributed by atoms with Crippen molar-refractivity contribution < 1.29 is 4.79 Å². The average molecular weight is 171 g/mol. The maximum Gasteiger partial charge on any atom is 0.224 e. The number of nitrogens with zero attached hydrogens (tertiary/aromatic N) is 1. The molecule has 0 fully saturated rings. The lowest BCUT2D eigenvalue weighted by Gasteiger charge is -2.25. The van der Waals surface area contributed by atoms with Gasteiger partial charge < -0.3 is 4.90 Å². The Kier molecular flexibility index (Phi) is 3.00. The Hall–Kier alpha value is -0.440. The maximum absolute atomic E-state index is 11.0. The molecule has 0 radical (unpaired) electrons. The number of hydrogen-bond donors (Lipinski definition) is 0. The highest BCUT2D eigenvalue weighted by molar-refractivity contribution is 8.02. The summed E-state index contributed by atoms with van der Waals surface area (Å²) >= 11 is 1.65. The molecule has 3 heteroatoms. The normalized spacial score (nSPS) is 18.0. The average Bonchev–Trinajstić information content (AvgIpc) is 2.04. The second-order valence-electron chi connectivity index (χ2n) is 2.56. The van der Waals surface area contributed by atoms with Crippen LogP contribution in [0.25, 0.3) is 0 Å². The summed E-state index contributed by atoms with van der Waals surface area (Å²) in [7, 11) is 0. The molecule has 0 aromatic carbocycles. The van der Waals surface area contributed by atoms with Crippen LogP contribution >= 0.6 is 11.8 Å². The molecule has 1 aliphatic heterocycles. The lowest BCUT2D eigenvalue weighted by molar-refractivity contribution is -0.126. The van der Waals surface area contributed by atoms with Gasteiger partial charge in [0.25, 0.3) is 0 Å². The van der Waals surface area contributed by atoms with E-state index >= 15 is 0 Å². The predicted molar refractivity (Wildman–Crippen MR) is 48.2 cm³/mol. The molecule has 0 aromatic rings. The molecule has 1 aliphatic rings. The van der Waals surface area contributed by atoms with Crippen LogP contribution in [-0.4, -0.2) is 23.6 Å². The molecule has 2 nitrogen and oxygen atoms in total. The molecule has 0 atom stereocenters. The monoisotopic (exact) mass is 171 g/mol. The van der Waals surface area contributed by atoms with E-state index in [-0.39, 0.29) is 5.91 Å². The Bertz CT molecular complexity index is 189. The van der Waals surface area contributed by atoms with Gasteiger partial charge in [-0.25, -0.2) is 0 Å². The lowest BCUT2D eigenvalue weighted by atomic mass is 10.2. The van der Waals surface area contributed by atoms with E-state index in [1.807, 2.05) is 11.2 Å². The maximum atomic E-state index is 11.0. The molecular formula is C8H13NOS. The Morgan fingerprint density at radius 1 is 1.73 bits per heavy atom. The molecular weight excluding hydrogens is 158 g/mol. The second kappa shape index (κ2) is 3.81. The zero-order chi connectivity index (χ0) is 8.27. The van der Waals surface area contributed by atoms with E-state index in [1.165, 1.54) is 0 Å². The zero-order valence-corrected chi connectivity index (χ0v) is 7.78. The smallest absolute Gasteiger partial charge is 0.224 e. The van der Waals surface area contributed by atoms with Crippen molar-refractivity contribution in [3.63, 3.8) is 0 Å². The first-order valence-electron chi connectivity index (χ1n) is 3.78. The van der Waals surface area contributed by atoms with Crippen LogP contribution in [0, 0.1) is 0 Å². The molecule has 0 spiro atoms. The molecule has 62 valence electrons. The van der Waals surface area contributed by atoms with Gasteiger partial charge in [-0.05, 0) is 19.1 Å². The number of amides is 1.